The highest BCUT2D eigenvalue weighted by atomic mass is 32.1. The third-order valence-electron chi connectivity index (χ3n) is 3.96. The number of anilines is 1. The lowest BCUT2D eigenvalue weighted by molar-refractivity contribution is 0.281. The first-order chi connectivity index (χ1) is 11.5. The Morgan fingerprint density at radius 3 is 2.62 bits per heavy atom. The Morgan fingerprint density at radius 1 is 1.38 bits per heavy atom. The molecule has 0 atom stereocenters. The zero-order valence-electron chi connectivity index (χ0n) is 12.9. The van der Waals surface area contributed by atoms with E-state index in [0.717, 1.165) is 19.5 Å². The third-order valence-corrected chi connectivity index (χ3v) is 4.54. The summed E-state index contributed by atoms with van der Waals surface area (Å²) in [5.74, 6) is -0.682. The van der Waals surface area contributed by atoms with E-state index in [0.29, 0.717) is 28.1 Å². The summed E-state index contributed by atoms with van der Waals surface area (Å²) >= 11 is 1.43. The zero-order chi connectivity index (χ0) is 17.3. The number of aromatic hydroxyl groups is 2. The molecule has 24 heavy (non-hydrogen) atoms. The third kappa shape index (κ3) is 2.68. The number of likely N-dealkylation sites (tertiary alicyclic amines) is 1. The van der Waals surface area contributed by atoms with Crippen LogP contribution in [-0.4, -0.2) is 33.2 Å². The molecule has 1 aromatic carbocycles. The molecule has 1 fully saturated rings. The average molecular weight is 340 g/mol. The van der Waals surface area contributed by atoms with Crippen LogP contribution in [0.15, 0.2) is 35.2 Å². The van der Waals surface area contributed by atoms with Gasteiger partial charge in [-0.25, -0.2) is 4.98 Å². The van der Waals surface area contributed by atoms with Gasteiger partial charge in [0, 0.05) is 29.6 Å². The fourth-order valence-corrected chi connectivity index (χ4v) is 3.12. The molecule has 0 aliphatic carbocycles. The van der Waals surface area contributed by atoms with E-state index in [1.165, 1.54) is 17.4 Å². The number of aromatic nitrogens is 1. The van der Waals surface area contributed by atoms with Crippen molar-refractivity contribution in [3.8, 4) is 17.6 Å². The summed E-state index contributed by atoms with van der Waals surface area (Å²) in [5, 5.41) is 31.1. The van der Waals surface area contributed by atoms with E-state index in [1.54, 1.807) is 11.6 Å². The molecule has 1 aliphatic rings. The maximum Gasteiger partial charge on any atom is 0.181 e. The molecule has 1 saturated heterocycles. The van der Waals surface area contributed by atoms with Crippen LogP contribution in [0.1, 0.15) is 17.7 Å². The van der Waals surface area contributed by atoms with Gasteiger partial charge >= 0.3 is 0 Å². The van der Waals surface area contributed by atoms with Crippen molar-refractivity contribution in [1.82, 2.24) is 9.88 Å². The molecule has 7 heteroatoms. The van der Waals surface area contributed by atoms with E-state index in [9.17, 15) is 15.5 Å². The molecule has 0 amide bonds. The summed E-state index contributed by atoms with van der Waals surface area (Å²) in [5.41, 5.74) is 10.3. The number of phenols is 2. The first-order valence-corrected chi connectivity index (χ1v) is 8.26. The van der Waals surface area contributed by atoms with E-state index in [-0.39, 0.29) is 17.2 Å². The lowest BCUT2D eigenvalue weighted by Crippen LogP contribution is -2.36. The molecule has 6 nitrogen and oxygen atoms in total. The molecule has 0 spiro atoms. The highest BCUT2D eigenvalue weighted by Gasteiger charge is 2.25. The zero-order valence-corrected chi connectivity index (χ0v) is 13.7. The maximum absolute atomic E-state index is 9.89. The summed E-state index contributed by atoms with van der Waals surface area (Å²) in [6, 6.07) is 5.17. The van der Waals surface area contributed by atoms with Crippen LogP contribution in [0.2, 0.25) is 0 Å². The summed E-state index contributed by atoms with van der Waals surface area (Å²) in [6.45, 7) is 5.61. The standard InChI is InChI=1S/C17H16N4O2S/c1-10(14-8-24-9-20-14)12(7-18)16(21-3-2-4-21)11-5-13(19)17(23)15(22)6-11/h5-6,8-9,22-23H,1-4,19H2/b16-12-. The van der Waals surface area contributed by atoms with Crippen LogP contribution >= 0.6 is 11.3 Å². The Hall–Kier alpha value is -2.98. The minimum absolute atomic E-state index is 0.0552. The highest BCUT2D eigenvalue weighted by molar-refractivity contribution is 7.07. The second kappa shape index (κ2) is 6.26. The Morgan fingerprint density at radius 2 is 2.12 bits per heavy atom. The van der Waals surface area contributed by atoms with Crippen molar-refractivity contribution in [1.29, 1.82) is 5.26 Å². The summed E-state index contributed by atoms with van der Waals surface area (Å²) in [4.78, 5) is 6.24. The number of thiazole rings is 1. The minimum atomic E-state index is -0.362. The molecular formula is C17H16N4O2S. The number of benzene rings is 1. The van der Waals surface area contributed by atoms with Crippen LogP contribution in [0.4, 0.5) is 5.69 Å². The highest BCUT2D eigenvalue weighted by Crippen LogP contribution is 2.39. The van der Waals surface area contributed by atoms with Gasteiger partial charge in [0.2, 0.25) is 0 Å². The van der Waals surface area contributed by atoms with Crippen molar-refractivity contribution < 1.29 is 10.2 Å². The van der Waals surface area contributed by atoms with Gasteiger partial charge in [-0.3, -0.25) is 0 Å². The Kier molecular flexibility index (Phi) is 4.15. The predicted octanol–water partition coefficient (Wildman–Crippen LogP) is 2.79. The van der Waals surface area contributed by atoms with Crippen LogP contribution in [0, 0.1) is 11.3 Å². The number of nitrogen functional groups attached to an aromatic ring is 1. The van der Waals surface area contributed by atoms with Gasteiger partial charge in [0.25, 0.3) is 0 Å². The molecule has 0 saturated carbocycles. The largest absolute Gasteiger partial charge is 0.504 e. The monoisotopic (exact) mass is 340 g/mol. The van der Waals surface area contributed by atoms with E-state index >= 15 is 0 Å². The number of hydrogen-bond acceptors (Lipinski definition) is 7. The molecule has 1 aromatic heterocycles. The van der Waals surface area contributed by atoms with Gasteiger partial charge < -0.3 is 20.8 Å². The molecule has 0 unspecified atom stereocenters. The van der Waals surface area contributed by atoms with Crippen LogP contribution in [0.25, 0.3) is 11.3 Å². The van der Waals surface area contributed by atoms with Crippen LogP contribution in [-0.2, 0) is 0 Å². The van der Waals surface area contributed by atoms with Crippen LogP contribution in [0.5, 0.6) is 11.5 Å². The van der Waals surface area contributed by atoms with E-state index in [1.807, 2.05) is 10.3 Å². The summed E-state index contributed by atoms with van der Waals surface area (Å²) in [7, 11) is 0. The fraction of sp³-hybridized carbons (Fsp3) is 0.176. The fourth-order valence-electron chi connectivity index (χ4n) is 2.56. The number of nitriles is 1. The Labute approximate surface area is 143 Å². The van der Waals surface area contributed by atoms with Crippen molar-refractivity contribution >= 4 is 28.3 Å². The molecule has 0 bridgehead atoms. The van der Waals surface area contributed by atoms with Crippen LogP contribution in [0.3, 0.4) is 0 Å². The molecule has 4 N–H and O–H groups in total. The number of phenolic OH excluding ortho intramolecular Hbond substituents is 2. The van der Waals surface area contributed by atoms with Crippen molar-refractivity contribution in [2.45, 2.75) is 6.42 Å². The molecule has 2 aromatic rings. The lowest BCUT2D eigenvalue weighted by Gasteiger charge is -2.36. The minimum Gasteiger partial charge on any atom is -0.504 e. The number of nitrogens with two attached hydrogens (primary N) is 1. The number of nitrogens with zero attached hydrogens (tertiary/aromatic N) is 3. The van der Waals surface area contributed by atoms with Gasteiger partial charge in [0.05, 0.1) is 28.2 Å². The van der Waals surface area contributed by atoms with Gasteiger partial charge in [-0.2, -0.15) is 5.26 Å². The summed E-state index contributed by atoms with van der Waals surface area (Å²) in [6.07, 6.45) is 1.02. The second-order valence-electron chi connectivity index (χ2n) is 5.46. The maximum atomic E-state index is 9.89. The van der Waals surface area contributed by atoms with E-state index < -0.39 is 0 Å². The van der Waals surface area contributed by atoms with Gasteiger partial charge in [-0.15, -0.1) is 11.3 Å². The number of hydrogen-bond donors (Lipinski definition) is 3. The molecule has 2 heterocycles. The van der Waals surface area contributed by atoms with Crippen molar-refractivity contribution in [2.75, 3.05) is 18.8 Å². The van der Waals surface area contributed by atoms with Crippen LogP contribution < -0.4 is 5.73 Å². The van der Waals surface area contributed by atoms with Crippen molar-refractivity contribution in [2.24, 2.45) is 0 Å². The lowest BCUT2D eigenvalue weighted by atomic mass is 9.96. The molecule has 122 valence electrons. The Balaban J connectivity index is 2.18. The Bertz CT molecular complexity index is 838. The number of rotatable bonds is 4. The average Bonchev–Trinajstić information content (AvgIpc) is 3.04. The topological polar surface area (TPSA) is 106 Å². The smallest absolute Gasteiger partial charge is 0.181 e. The van der Waals surface area contributed by atoms with Gasteiger partial charge in [0.15, 0.2) is 11.5 Å². The molecule has 0 radical (unpaired) electrons. The molecular weight excluding hydrogens is 324 g/mol. The first kappa shape index (κ1) is 15.9. The number of allylic oxidation sites excluding steroid dienone is 2. The van der Waals surface area contributed by atoms with E-state index in [4.69, 9.17) is 5.73 Å². The quantitative estimate of drug-likeness (QED) is 0.342. The van der Waals surface area contributed by atoms with Gasteiger partial charge in [-0.05, 0) is 18.6 Å². The van der Waals surface area contributed by atoms with Gasteiger partial charge in [0.1, 0.15) is 6.07 Å². The predicted molar refractivity (Wildman–Crippen MR) is 94.1 cm³/mol. The summed E-state index contributed by atoms with van der Waals surface area (Å²) < 4.78 is 0. The molecule has 3 rings (SSSR count). The SMILES string of the molecule is C=C(/C(C#N)=C(/c1cc(N)c(O)c(O)c1)N1CCC1)c1cscn1. The first-order valence-electron chi connectivity index (χ1n) is 7.32. The van der Waals surface area contributed by atoms with Gasteiger partial charge in [-0.1, -0.05) is 6.58 Å². The van der Waals surface area contributed by atoms with Crippen molar-refractivity contribution in [3.63, 3.8) is 0 Å². The van der Waals surface area contributed by atoms with E-state index in [2.05, 4.69) is 17.6 Å². The second-order valence-corrected chi connectivity index (χ2v) is 6.18. The molecule has 1 aliphatic heterocycles. The van der Waals surface area contributed by atoms with Crippen molar-refractivity contribution in [3.05, 3.63) is 46.4 Å². The normalized spacial score (nSPS) is 14.5.